The van der Waals surface area contributed by atoms with Crippen LogP contribution in [-0.2, 0) is 0 Å². The van der Waals surface area contributed by atoms with E-state index in [2.05, 4.69) is 15.0 Å². The molecule has 0 bridgehead atoms. The van der Waals surface area contributed by atoms with Gasteiger partial charge in [-0.25, -0.2) is 9.98 Å². The molecular weight excluding hydrogens is 256 g/mol. The topological polar surface area (TPSA) is 84.2 Å². The highest BCUT2D eigenvalue weighted by Gasteiger charge is 2.03. The van der Waals surface area contributed by atoms with E-state index in [4.69, 9.17) is 0 Å². The van der Waals surface area contributed by atoms with Crippen molar-refractivity contribution in [3.05, 3.63) is 64.2 Å². The van der Waals surface area contributed by atoms with Crippen molar-refractivity contribution in [2.24, 2.45) is 4.99 Å². The fourth-order valence-electron chi connectivity index (χ4n) is 1.82. The summed E-state index contributed by atoms with van der Waals surface area (Å²) < 4.78 is 0. The number of rotatable bonds is 3. The fourth-order valence-corrected chi connectivity index (χ4v) is 1.82. The van der Waals surface area contributed by atoms with Gasteiger partial charge in [0.15, 0.2) is 0 Å². The summed E-state index contributed by atoms with van der Waals surface area (Å²) in [6.45, 7) is 0. The Morgan fingerprint density at radius 1 is 1.15 bits per heavy atom. The van der Waals surface area contributed by atoms with Crippen LogP contribution in [0.1, 0.15) is 5.56 Å². The Bertz CT molecular complexity index is 757. The van der Waals surface area contributed by atoms with Gasteiger partial charge in [0.1, 0.15) is 0 Å². The van der Waals surface area contributed by atoms with Crippen LogP contribution in [-0.4, -0.2) is 21.1 Å². The van der Waals surface area contributed by atoms with E-state index in [0.29, 0.717) is 5.95 Å². The Morgan fingerprint density at radius 2 is 1.90 bits per heavy atom. The number of H-pyrrole nitrogens is 1. The second-order valence-corrected chi connectivity index (χ2v) is 4.18. The van der Waals surface area contributed by atoms with Crippen LogP contribution in [0.3, 0.4) is 0 Å². The SMILES string of the molecule is O=[N+]([O-])c1ccc(C=Nc2nc3ccccc3[nH]2)cc1. The number of aromatic nitrogens is 2. The smallest absolute Gasteiger partial charge is 0.269 e. The third-order valence-corrected chi connectivity index (χ3v) is 2.82. The molecule has 6 heteroatoms. The molecule has 0 amide bonds. The summed E-state index contributed by atoms with van der Waals surface area (Å²) >= 11 is 0. The first-order chi connectivity index (χ1) is 9.72. The van der Waals surface area contributed by atoms with E-state index >= 15 is 0 Å². The van der Waals surface area contributed by atoms with Gasteiger partial charge in [-0.1, -0.05) is 12.1 Å². The van der Waals surface area contributed by atoms with Crippen LogP contribution in [0, 0.1) is 10.1 Å². The number of nitro benzene ring substituents is 1. The number of nitrogens with zero attached hydrogens (tertiary/aromatic N) is 3. The van der Waals surface area contributed by atoms with E-state index in [9.17, 15) is 10.1 Å². The van der Waals surface area contributed by atoms with Crippen molar-refractivity contribution in [1.82, 2.24) is 9.97 Å². The van der Waals surface area contributed by atoms with Crippen LogP contribution in [0.25, 0.3) is 11.0 Å². The maximum absolute atomic E-state index is 10.5. The van der Waals surface area contributed by atoms with E-state index in [1.54, 1.807) is 18.3 Å². The summed E-state index contributed by atoms with van der Waals surface area (Å²) in [5, 5.41) is 10.5. The summed E-state index contributed by atoms with van der Waals surface area (Å²) in [4.78, 5) is 21.7. The summed E-state index contributed by atoms with van der Waals surface area (Å²) in [6.07, 6.45) is 1.61. The number of fused-ring (bicyclic) bond motifs is 1. The van der Waals surface area contributed by atoms with Gasteiger partial charge in [0.25, 0.3) is 5.69 Å². The molecular formula is C14H10N4O2. The summed E-state index contributed by atoms with van der Waals surface area (Å²) in [6, 6.07) is 13.8. The van der Waals surface area contributed by atoms with Gasteiger partial charge in [-0.2, -0.15) is 0 Å². The number of para-hydroxylation sites is 2. The van der Waals surface area contributed by atoms with Gasteiger partial charge in [-0.05, 0) is 29.8 Å². The zero-order valence-electron chi connectivity index (χ0n) is 10.4. The van der Waals surface area contributed by atoms with E-state index in [1.807, 2.05) is 24.3 Å². The number of hydrogen-bond acceptors (Lipinski definition) is 4. The van der Waals surface area contributed by atoms with Crippen LogP contribution in [0.2, 0.25) is 0 Å². The second kappa shape index (κ2) is 4.93. The predicted molar refractivity (Wildman–Crippen MR) is 76.4 cm³/mol. The average Bonchev–Trinajstić information content (AvgIpc) is 2.88. The lowest BCUT2D eigenvalue weighted by Crippen LogP contribution is -1.88. The van der Waals surface area contributed by atoms with Gasteiger partial charge in [0.2, 0.25) is 5.95 Å². The molecule has 0 atom stereocenters. The molecule has 0 spiro atoms. The number of benzene rings is 2. The first kappa shape index (κ1) is 12.0. The summed E-state index contributed by atoms with van der Waals surface area (Å²) in [5.41, 5.74) is 2.61. The second-order valence-electron chi connectivity index (χ2n) is 4.18. The molecule has 3 rings (SSSR count). The Morgan fingerprint density at radius 3 is 2.60 bits per heavy atom. The average molecular weight is 266 g/mol. The summed E-state index contributed by atoms with van der Waals surface area (Å²) in [7, 11) is 0. The molecule has 20 heavy (non-hydrogen) atoms. The monoisotopic (exact) mass is 266 g/mol. The molecule has 3 aromatic rings. The molecule has 0 aliphatic rings. The molecule has 0 unspecified atom stereocenters. The molecule has 0 saturated heterocycles. The Hall–Kier alpha value is -3.02. The van der Waals surface area contributed by atoms with Crippen LogP contribution in [0.4, 0.5) is 11.6 Å². The van der Waals surface area contributed by atoms with Crippen LogP contribution >= 0.6 is 0 Å². The van der Waals surface area contributed by atoms with Crippen LogP contribution in [0.15, 0.2) is 53.5 Å². The number of nitro groups is 1. The molecule has 0 fully saturated rings. The van der Waals surface area contributed by atoms with E-state index < -0.39 is 4.92 Å². The zero-order valence-corrected chi connectivity index (χ0v) is 10.4. The van der Waals surface area contributed by atoms with Crippen molar-refractivity contribution < 1.29 is 4.92 Å². The first-order valence-electron chi connectivity index (χ1n) is 5.96. The first-order valence-corrected chi connectivity index (χ1v) is 5.96. The van der Waals surface area contributed by atoms with Gasteiger partial charge >= 0.3 is 0 Å². The highest BCUT2D eigenvalue weighted by molar-refractivity contribution is 5.83. The number of aromatic amines is 1. The highest BCUT2D eigenvalue weighted by Crippen LogP contribution is 2.16. The van der Waals surface area contributed by atoms with Gasteiger partial charge in [0.05, 0.1) is 16.0 Å². The normalized spacial score (nSPS) is 11.2. The fraction of sp³-hybridized carbons (Fsp3) is 0. The van der Waals surface area contributed by atoms with Crippen molar-refractivity contribution in [1.29, 1.82) is 0 Å². The number of hydrogen-bond donors (Lipinski definition) is 1. The molecule has 1 N–H and O–H groups in total. The van der Waals surface area contributed by atoms with Gasteiger partial charge in [0, 0.05) is 18.3 Å². The number of imidazole rings is 1. The number of non-ortho nitro benzene ring substituents is 1. The Kier molecular flexibility index (Phi) is 2.96. The van der Waals surface area contributed by atoms with Crippen molar-refractivity contribution >= 4 is 28.9 Å². The molecule has 2 aromatic carbocycles. The largest absolute Gasteiger partial charge is 0.322 e. The quantitative estimate of drug-likeness (QED) is 0.448. The molecule has 0 aliphatic heterocycles. The predicted octanol–water partition coefficient (Wildman–Crippen LogP) is 3.22. The highest BCUT2D eigenvalue weighted by atomic mass is 16.6. The molecule has 0 radical (unpaired) electrons. The van der Waals surface area contributed by atoms with Crippen molar-refractivity contribution in [3.8, 4) is 0 Å². The lowest BCUT2D eigenvalue weighted by molar-refractivity contribution is -0.384. The molecule has 1 heterocycles. The van der Waals surface area contributed by atoms with E-state index in [1.165, 1.54) is 12.1 Å². The Balaban J connectivity index is 1.84. The molecule has 0 saturated carbocycles. The van der Waals surface area contributed by atoms with Crippen LogP contribution in [0.5, 0.6) is 0 Å². The third-order valence-electron chi connectivity index (χ3n) is 2.82. The third kappa shape index (κ3) is 2.39. The minimum Gasteiger partial charge on any atom is -0.322 e. The van der Waals surface area contributed by atoms with Crippen molar-refractivity contribution in [2.75, 3.05) is 0 Å². The summed E-state index contributed by atoms with van der Waals surface area (Å²) in [5.74, 6) is 0.504. The molecule has 6 nitrogen and oxygen atoms in total. The van der Waals surface area contributed by atoms with Gasteiger partial charge in [-0.15, -0.1) is 0 Å². The number of aliphatic imine (C=N–C) groups is 1. The molecule has 98 valence electrons. The standard InChI is InChI=1S/C14H10N4O2/c19-18(20)11-7-5-10(6-8-11)9-15-14-16-12-3-1-2-4-13(12)17-14/h1-9H,(H,16,17). The van der Waals surface area contributed by atoms with E-state index in [0.717, 1.165) is 16.6 Å². The van der Waals surface area contributed by atoms with Crippen LogP contribution < -0.4 is 0 Å². The van der Waals surface area contributed by atoms with Crippen molar-refractivity contribution in [3.63, 3.8) is 0 Å². The molecule has 1 aromatic heterocycles. The van der Waals surface area contributed by atoms with Gasteiger partial charge in [-0.3, -0.25) is 10.1 Å². The molecule has 0 aliphatic carbocycles. The Labute approximate surface area is 114 Å². The maximum Gasteiger partial charge on any atom is 0.269 e. The zero-order chi connectivity index (χ0) is 13.9. The van der Waals surface area contributed by atoms with Crippen molar-refractivity contribution in [2.45, 2.75) is 0 Å². The maximum atomic E-state index is 10.5. The minimum atomic E-state index is -0.430. The van der Waals surface area contributed by atoms with Gasteiger partial charge < -0.3 is 4.98 Å². The lowest BCUT2D eigenvalue weighted by Gasteiger charge is -1.92. The minimum absolute atomic E-state index is 0.0610. The number of nitrogens with one attached hydrogen (secondary N) is 1. The van der Waals surface area contributed by atoms with E-state index in [-0.39, 0.29) is 5.69 Å². The lowest BCUT2D eigenvalue weighted by atomic mass is 10.2.